The summed E-state index contributed by atoms with van der Waals surface area (Å²) in [5, 5.41) is 3.21. The van der Waals surface area contributed by atoms with Gasteiger partial charge >= 0.3 is 0 Å². The molecule has 0 fully saturated rings. The molecule has 1 amide bonds. The third-order valence-electron chi connectivity index (χ3n) is 3.17. The second kappa shape index (κ2) is 9.34. The summed E-state index contributed by atoms with van der Waals surface area (Å²) < 4.78 is 19.0. The standard InChI is InChI=1S/C16H25FN2O2/c1-4-7-18-11-13-8-14(17)10-15(9-13)21-12-16(20)19(5-2)6-3/h8-10,18H,4-7,11-12H2,1-3H3. The molecular weight excluding hydrogens is 271 g/mol. The molecule has 4 nitrogen and oxygen atoms in total. The maximum absolute atomic E-state index is 13.5. The Balaban J connectivity index is 2.60. The number of ether oxygens (including phenoxy) is 1. The second-order valence-corrected chi connectivity index (χ2v) is 4.83. The lowest BCUT2D eigenvalue weighted by Crippen LogP contribution is -2.34. The molecule has 0 bridgehead atoms. The zero-order valence-corrected chi connectivity index (χ0v) is 13.1. The molecule has 0 spiro atoms. The van der Waals surface area contributed by atoms with E-state index in [0.717, 1.165) is 18.5 Å². The lowest BCUT2D eigenvalue weighted by atomic mass is 10.2. The number of rotatable bonds is 9. The Bertz CT molecular complexity index is 448. The Labute approximate surface area is 126 Å². The van der Waals surface area contributed by atoms with E-state index in [0.29, 0.717) is 25.4 Å². The number of nitrogens with one attached hydrogen (secondary N) is 1. The molecule has 0 aliphatic rings. The summed E-state index contributed by atoms with van der Waals surface area (Å²) in [6.07, 6.45) is 1.02. The van der Waals surface area contributed by atoms with Crippen molar-refractivity contribution >= 4 is 5.91 Å². The fraction of sp³-hybridized carbons (Fsp3) is 0.562. The van der Waals surface area contributed by atoms with Gasteiger partial charge in [-0.15, -0.1) is 0 Å². The third kappa shape index (κ3) is 6.12. The number of nitrogens with zero attached hydrogens (tertiary/aromatic N) is 1. The summed E-state index contributed by atoms with van der Waals surface area (Å²) in [7, 11) is 0. The Morgan fingerprint density at radius 2 is 1.95 bits per heavy atom. The normalized spacial score (nSPS) is 10.5. The molecular formula is C16H25FN2O2. The molecule has 0 aliphatic carbocycles. The molecule has 0 heterocycles. The Morgan fingerprint density at radius 3 is 2.57 bits per heavy atom. The van der Waals surface area contributed by atoms with Crippen LogP contribution in [-0.2, 0) is 11.3 Å². The first-order chi connectivity index (χ1) is 10.1. The van der Waals surface area contributed by atoms with Crippen LogP contribution < -0.4 is 10.1 Å². The quantitative estimate of drug-likeness (QED) is 0.712. The molecule has 1 aromatic carbocycles. The Hall–Kier alpha value is -1.62. The molecule has 5 heteroatoms. The van der Waals surface area contributed by atoms with Crippen LogP contribution in [-0.4, -0.2) is 37.0 Å². The van der Waals surface area contributed by atoms with Gasteiger partial charge in [0.15, 0.2) is 6.61 Å². The zero-order chi connectivity index (χ0) is 15.7. The van der Waals surface area contributed by atoms with Gasteiger partial charge in [0.25, 0.3) is 5.91 Å². The molecule has 0 radical (unpaired) electrons. The van der Waals surface area contributed by atoms with Gasteiger partial charge in [-0.1, -0.05) is 6.92 Å². The number of benzene rings is 1. The minimum Gasteiger partial charge on any atom is -0.484 e. The van der Waals surface area contributed by atoms with Crippen LogP contribution in [0.2, 0.25) is 0 Å². The van der Waals surface area contributed by atoms with E-state index >= 15 is 0 Å². The van der Waals surface area contributed by atoms with Crippen molar-refractivity contribution in [2.24, 2.45) is 0 Å². The fourth-order valence-electron chi connectivity index (χ4n) is 2.03. The highest BCUT2D eigenvalue weighted by Crippen LogP contribution is 2.16. The topological polar surface area (TPSA) is 41.6 Å². The summed E-state index contributed by atoms with van der Waals surface area (Å²) in [5.41, 5.74) is 0.814. The maximum atomic E-state index is 13.5. The summed E-state index contributed by atoms with van der Waals surface area (Å²) in [6, 6.07) is 4.54. The number of amides is 1. The zero-order valence-electron chi connectivity index (χ0n) is 13.1. The van der Waals surface area contributed by atoms with Crippen molar-refractivity contribution in [2.45, 2.75) is 33.7 Å². The average Bonchev–Trinajstić information content (AvgIpc) is 2.46. The number of carbonyl (C=O) groups is 1. The summed E-state index contributed by atoms with van der Waals surface area (Å²) in [6.45, 7) is 8.61. The molecule has 1 N–H and O–H groups in total. The number of halogens is 1. The van der Waals surface area contributed by atoms with E-state index in [1.54, 1.807) is 11.0 Å². The predicted molar refractivity (Wildman–Crippen MR) is 81.8 cm³/mol. The molecule has 0 unspecified atom stereocenters. The van der Waals surface area contributed by atoms with Crippen molar-refractivity contribution in [3.8, 4) is 5.75 Å². The molecule has 0 atom stereocenters. The largest absolute Gasteiger partial charge is 0.484 e. The number of hydrogen-bond acceptors (Lipinski definition) is 3. The van der Waals surface area contributed by atoms with Gasteiger partial charge in [-0.05, 0) is 44.5 Å². The predicted octanol–water partition coefficient (Wildman–Crippen LogP) is 2.57. The monoisotopic (exact) mass is 296 g/mol. The highest BCUT2D eigenvalue weighted by Gasteiger charge is 2.11. The van der Waals surface area contributed by atoms with Crippen molar-refractivity contribution in [3.05, 3.63) is 29.6 Å². The first kappa shape index (κ1) is 17.4. The van der Waals surface area contributed by atoms with Gasteiger partial charge in [-0.2, -0.15) is 0 Å². The van der Waals surface area contributed by atoms with Gasteiger partial charge in [0, 0.05) is 25.7 Å². The highest BCUT2D eigenvalue weighted by molar-refractivity contribution is 5.77. The molecule has 0 aromatic heterocycles. The van der Waals surface area contributed by atoms with Crippen molar-refractivity contribution in [1.29, 1.82) is 0 Å². The Kier molecular flexibility index (Phi) is 7.75. The molecule has 118 valence electrons. The summed E-state index contributed by atoms with van der Waals surface area (Å²) in [5.74, 6) is -0.0465. The SMILES string of the molecule is CCCNCc1cc(F)cc(OCC(=O)N(CC)CC)c1. The van der Waals surface area contributed by atoms with Crippen molar-refractivity contribution in [3.63, 3.8) is 0 Å². The first-order valence-electron chi connectivity index (χ1n) is 7.51. The van der Waals surface area contributed by atoms with E-state index < -0.39 is 0 Å². The van der Waals surface area contributed by atoms with E-state index in [4.69, 9.17) is 4.74 Å². The van der Waals surface area contributed by atoms with Gasteiger partial charge in [0.1, 0.15) is 11.6 Å². The second-order valence-electron chi connectivity index (χ2n) is 4.83. The first-order valence-corrected chi connectivity index (χ1v) is 7.51. The lowest BCUT2D eigenvalue weighted by Gasteiger charge is -2.18. The molecule has 21 heavy (non-hydrogen) atoms. The van der Waals surface area contributed by atoms with E-state index in [1.165, 1.54) is 12.1 Å². The van der Waals surface area contributed by atoms with Crippen LogP contribution >= 0.6 is 0 Å². The van der Waals surface area contributed by atoms with E-state index in [9.17, 15) is 9.18 Å². The van der Waals surface area contributed by atoms with E-state index in [-0.39, 0.29) is 18.3 Å². The lowest BCUT2D eigenvalue weighted by molar-refractivity contribution is -0.132. The average molecular weight is 296 g/mol. The number of hydrogen-bond donors (Lipinski definition) is 1. The smallest absolute Gasteiger partial charge is 0.260 e. The summed E-state index contributed by atoms with van der Waals surface area (Å²) in [4.78, 5) is 13.5. The number of carbonyl (C=O) groups excluding carboxylic acids is 1. The Morgan fingerprint density at radius 1 is 1.24 bits per heavy atom. The van der Waals surface area contributed by atoms with Gasteiger partial charge in [-0.3, -0.25) is 4.79 Å². The van der Waals surface area contributed by atoms with Crippen LogP contribution in [0, 0.1) is 5.82 Å². The van der Waals surface area contributed by atoms with Crippen LogP contribution in [0.15, 0.2) is 18.2 Å². The van der Waals surface area contributed by atoms with Crippen LogP contribution in [0.4, 0.5) is 4.39 Å². The van der Waals surface area contributed by atoms with Crippen LogP contribution in [0.1, 0.15) is 32.8 Å². The van der Waals surface area contributed by atoms with Crippen LogP contribution in [0.5, 0.6) is 5.75 Å². The minimum absolute atomic E-state index is 0.0625. The van der Waals surface area contributed by atoms with Gasteiger partial charge < -0.3 is 15.0 Å². The maximum Gasteiger partial charge on any atom is 0.260 e. The third-order valence-corrected chi connectivity index (χ3v) is 3.17. The molecule has 0 saturated carbocycles. The number of likely N-dealkylation sites (N-methyl/N-ethyl adjacent to an activating group) is 1. The van der Waals surface area contributed by atoms with Gasteiger partial charge in [0.2, 0.25) is 0 Å². The fourth-order valence-corrected chi connectivity index (χ4v) is 2.03. The van der Waals surface area contributed by atoms with E-state index in [2.05, 4.69) is 12.2 Å². The minimum atomic E-state index is -0.351. The van der Waals surface area contributed by atoms with Gasteiger partial charge in [-0.25, -0.2) is 4.39 Å². The molecule has 1 aromatic rings. The highest BCUT2D eigenvalue weighted by atomic mass is 19.1. The van der Waals surface area contributed by atoms with Crippen molar-refractivity contribution < 1.29 is 13.9 Å². The van der Waals surface area contributed by atoms with E-state index in [1.807, 2.05) is 13.8 Å². The molecule has 1 rings (SSSR count). The molecule has 0 saturated heterocycles. The summed E-state index contributed by atoms with van der Waals surface area (Å²) >= 11 is 0. The van der Waals surface area contributed by atoms with Crippen molar-refractivity contribution in [2.75, 3.05) is 26.2 Å². The van der Waals surface area contributed by atoms with Crippen molar-refractivity contribution in [1.82, 2.24) is 10.2 Å². The molecule has 0 aliphatic heterocycles. The van der Waals surface area contributed by atoms with Crippen LogP contribution in [0.3, 0.4) is 0 Å². The van der Waals surface area contributed by atoms with Crippen LogP contribution in [0.25, 0.3) is 0 Å². The van der Waals surface area contributed by atoms with Gasteiger partial charge in [0.05, 0.1) is 0 Å².